The molecular weight excluding hydrogens is 426 g/mol. The predicted octanol–water partition coefficient (Wildman–Crippen LogP) is 5.93. The molecule has 6 nitrogen and oxygen atoms in total. The minimum Gasteiger partial charge on any atom is -0.485 e. The number of rotatable bonds is 7. The lowest BCUT2D eigenvalue weighted by Gasteiger charge is -2.10. The number of nitrogens with zero attached hydrogens (tertiary/aromatic N) is 2. The summed E-state index contributed by atoms with van der Waals surface area (Å²) in [5, 5.41) is 7.96. The molecule has 2 heterocycles. The number of carbonyl (C=O) groups is 1. The normalized spacial score (nSPS) is 10.9. The minimum atomic E-state index is -0.362. The van der Waals surface area contributed by atoms with E-state index in [0.29, 0.717) is 23.1 Å². The topological polar surface area (TPSA) is 69.3 Å². The number of hydrogen-bond acceptors (Lipinski definition) is 4. The van der Waals surface area contributed by atoms with E-state index in [0.717, 1.165) is 28.1 Å². The number of aryl methyl sites for hydroxylation is 3. The van der Waals surface area contributed by atoms with E-state index in [1.165, 1.54) is 0 Å². The first-order valence-electron chi connectivity index (χ1n) is 10.3. The van der Waals surface area contributed by atoms with Gasteiger partial charge in [-0.2, -0.15) is 5.10 Å². The fraction of sp³-hybridized carbons (Fsp3) is 0.200. The predicted molar refractivity (Wildman–Crippen MR) is 124 cm³/mol. The summed E-state index contributed by atoms with van der Waals surface area (Å²) in [5.74, 6) is 1.71. The van der Waals surface area contributed by atoms with Crippen LogP contribution in [0.1, 0.15) is 38.7 Å². The fourth-order valence-electron chi connectivity index (χ4n) is 3.42. The smallest absolute Gasteiger partial charge is 0.292 e. The van der Waals surface area contributed by atoms with E-state index in [-0.39, 0.29) is 18.3 Å². The van der Waals surface area contributed by atoms with Crippen molar-refractivity contribution >= 4 is 23.3 Å². The van der Waals surface area contributed by atoms with Crippen LogP contribution in [0.5, 0.6) is 5.75 Å². The molecule has 0 aliphatic carbocycles. The summed E-state index contributed by atoms with van der Waals surface area (Å²) in [7, 11) is 0. The molecule has 32 heavy (non-hydrogen) atoms. The van der Waals surface area contributed by atoms with Gasteiger partial charge in [-0.15, -0.1) is 0 Å². The molecule has 4 aromatic rings. The van der Waals surface area contributed by atoms with Crippen LogP contribution in [0.2, 0.25) is 5.02 Å². The number of carbonyl (C=O) groups excluding carboxylic acids is 1. The SMILES string of the molecule is Cc1cccc(C)c1OCc1ccc(C(=O)Nc2cc(C)n(Cc3ccc(Cl)cc3)n2)o1. The summed E-state index contributed by atoms with van der Waals surface area (Å²) in [6.07, 6.45) is 0. The zero-order valence-corrected chi connectivity index (χ0v) is 18.9. The van der Waals surface area contributed by atoms with Crippen LogP contribution in [0, 0.1) is 20.8 Å². The van der Waals surface area contributed by atoms with Crippen LogP contribution in [-0.4, -0.2) is 15.7 Å². The Bertz CT molecular complexity index is 1220. The van der Waals surface area contributed by atoms with Gasteiger partial charge in [-0.3, -0.25) is 9.48 Å². The summed E-state index contributed by atoms with van der Waals surface area (Å²) >= 11 is 5.95. The van der Waals surface area contributed by atoms with E-state index in [9.17, 15) is 4.79 Å². The molecule has 7 heteroatoms. The standard InChI is InChI=1S/C25H24ClN3O3/c1-16-5-4-6-17(2)24(16)31-15-21-11-12-22(32-21)25(30)27-23-13-18(3)29(28-23)14-19-7-9-20(26)10-8-19/h4-13H,14-15H2,1-3H3,(H,27,28,30). The Balaban J connectivity index is 1.38. The van der Waals surface area contributed by atoms with Gasteiger partial charge in [0.05, 0.1) is 6.54 Å². The lowest BCUT2D eigenvalue weighted by Crippen LogP contribution is -2.12. The van der Waals surface area contributed by atoms with Crippen molar-refractivity contribution in [3.63, 3.8) is 0 Å². The zero-order chi connectivity index (χ0) is 22.7. The van der Waals surface area contributed by atoms with Crippen molar-refractivity contribution in [2.75, 3.05) is 5.32 Å². The van der Waals surface area contributed by atoms with Crippen LogP contribution >= 0.6 is 11.6 Å². The van der Waals surface area contributed by atoms with Crippen molar-refractivity contribution in [1.82, 2.24) is 9.78 Å². The third-order valence-corrected chi connectivity index (χ3v) is 5.37. The van der Waals surface area contributed by atoms with Crippen LogP contribution in [0.3, 0.4) is 0 Å². The van der Waals surface area contributed by atoms with E-state index >= 15 is 0 Å². The van der Waals surface area contributed by atoms with Crippen LogP contribution in [0.25, 0.3) is 0 Å². The zero-order valence-electron chi connectivity index (χ0n) is 18.2. The van der Waals surface area contributed by atoms with Crippen LogP contribution in [-0.2, 0) is 13.2 Å². The van der Waals surface area contributed by atoms with E-state index in [1.807, 2.05) is 74.0 Å². The summed E-state index contributed by atoms with van der Waals surface area (Å²) < 4.78 is 13.4. The Kier molecular flexibility index (Phi) is 6.32. The van der Waals surface area contributed by atoms with Gasteiger partial charge >= 0.3 is 0 Å². The molecule has 0 spiro atoms. The Labute approximate surface area is 191 Å². The minimum absolute atomic E-state index is 0.204. The fourth-order valence-corrected chi connectivity index (χ4v) is 3.55. The van der Waals surface area contributed by atoms with Gasteiger partial charge < -0.3 is 14.5 Å². The summed E-state index contributed by atoms with van der Waals surface area (Å²) in [4.78, 5) is 12.6. The molecule has 0 unspecified atom stereocenters. The molecule has 0 saturated carbocycles. The summed E-state index contributed by atoms with van der Waals surface area (Å²) in [6.45, 7) is 6.76. The molecule has 0 saturated heterocycles. The molecule has 164 valence electrons. The van der Waals surface area contributed by atoms with Gasteiger partial charge in [-0.25, -0.2) is 0 Å². The monoisotopic (exact) mass is 449 g/mol. The molecule has 0 atom stereocenters. The number of nitrogens with one attached hydrogen (secondary N) is 1. The number of benzene rings is 2. The lowest BCUT2D eigenvalue weighted by atomic mass is 10.1. The quantitative estimate of drug-likeness (QED) is 0.379. The second-order valence-electron chi connectivity index (χ2n) is 7.68. The van der Waals surface area contributed by atoms with Crippen molar-refractivity contribution in [2.24, 2.45) is 0 Å². The highest BCUT2D eigenvalue weighted by Crippen LogP contribution is 2.24. The number of amides is 1. The molecule has 0 fully saturated rings. The number of para-hydroxylation sites is 1. The molecule has 0 radical (unpaired) electrons. The number of halogens is 1. The first-order valence-corrected chi connectivity index (χ1v) is 10.6. The maximum Gasteiger partial charge on any atom is 0.292 e. The van der Waals surface area contributed by atoms with Gasteiger partial charge in [-0.05, 0) is 61.7 Å². The first kappa shape index (κ1) is 21.7. The second-order valence-corrected chi connectivity index (χ2v) is 8.12. The van der Waals surface area contributed by atoms with Gasteiger partial charge in [0.2, 0.25) is 0 Å². The highest BCUT2D eigenvalue weighted by Gasteiger charge is 2.15. The van der Waals surface area contributed by atoms with Crippen molar-refractivity contribution < 1.29 is 13.9 Å². The highest BCUT2D eigenvalue weighted by atomic mass is 35.5. The number of furan rings is 1. The van der Waals surface area contributed by atoms with E-state index in [1.54, 1.807) is 12.1 Å². The summed E-state index contributed by atoms with van der Waals surface area (Å²) in [6, 6.07) is 18.8. The molecule has 2 aromatic heterocycles. The molecule has 0 bridgehead atoms. The molecule has 1 amide bonds. The average Bonchev–Trinajstić information content (AvgIpc) is 3.36. The van der Waals surface area contributed by atoms with E-state index < -0.39 is 0 Å². The first-order chi connectivity index (χ1) is 15.4. The van der Waals surface area contributed by atoms with Gasteiger partial charge in [-0.1, -0.05) is 41.9 Å². The highest BCUT2D eigenvalue weighted by molar-refractivity contribution is 6.30. The van der Waals surface area contributed by atoms with Crippen molar-refractivity contribution in [3.8, 4) is 5.75 Å². The van der Waals surface area contributed by atoms with Crippen LogP contribution < -0.4 is 10.1 Å². The van der Waals surface area contributed by atoms with Crippen LogP contribution in [0.15, 0.2) is 65.1 Å². The van der Waals surface area contributed by atoms with Crippen molar-refractivity contribution in [1.29, 1.82) is 0 Å². The Morgan fingerprint density at radius 3 is 2.50 bits per heavy atom. The molecule has 2 aromatic carbocycles. The van der Waals surface area contributed by atoms with Crippen LogP contribution in [0.4, 0.5) is 5.82 Å². The number of hydrogen-bond donors (Lipinski definition) is 1. The maximum atomic E-state index is 12.6. The number of aromatic nitrogens is 2. The number of anilines is 1. The Morgan fingerprint density at radius 2 is 1.78 bits per heavy atom. The van der Waals surface area contributed by atoms with E-state index in [2.05, 4.69) is 10.4 Å². The average molecular weight is 450 g/mol. The van der Waals surface area contributed by atoms with Crippen molar-refractivity contribution in [2.45, 2.75) is 33.9 Å². The number of ether oxygens (including phenoxy) is 1. The Hall–Kier alpha value is -3.51. The second kappa shape index (κ2) is 9.32. The lowest BCUT2D eigenvalue weighted by molar-refractivity contribution is 0.0992. The van der Waals surface area contributed by atoms with Gasteiger partial charge in [0.25, 0.3) is 5.91 Å². The van der Waals surface area contributed by atoms with Crippen molar-refractivity contribution in [3.05, 3.63) is 99.6 Å². The molecule has 0 aliphatic rings. The molecule has 4 rings (SSSR count). The van der Waals surface area contributed by atoms with Gasteiger partial charge in [0.15, 0.2) is 11.6 Å². The summed E-state index contributed by atoms with van der Waals surface area (Å²) in [5.41, 5.74) is 4.11. The maximum absolute atomic E-state index is 12.6. The third kappa shape index (κ3) is 5.03. The molecule has 0 aliphatic heterocycles. The largest absolute Gasteiger partial charge is 0.485 e. The molecular formula is C25H24ClN3O3. The molecule has 1 N–H and O–H groups in total. The third-order valence-electron chi connectivity index (χ3n) is 5.12. The van der Waals surface area contributed by atoms with E-state index in [4.69, 9.17) is 20.8 Å². The van der Waals surface area contributed by atoms with Gasteiger partial charge in [0.1, 0.15) is 18.1 Å². The Morgan fingerprint density at radius 1 is 1.06 bits per heavy atom. The van der Waals surface area contributed by atoms with Gasteiger partial charge in [0, 0.05) is 16.8 Å².